The molecule has 1 aromatic carbocycles. The van der Waals surface area contributed by atoms with Gasteiger partial charge in [-0.25, -0.2) is 0 Å². The number of nitrogens with one attached hydrogen (secondary N) is 1. The normalized spacial score (nSPS) is 10.7. The van der Waals surface area contributed by atoms with Gasteiger partial charge in [0.15, 0.2) is 0 Å². The highest BCUT2D eigenvalue weighted by Gasteiger charge is 2.09. The lowest BCUT2D eigenvalue weighted by atomic mass is 10.2. The van der Waals surface area contributed by atoms with E-state index in [0.29, 0.717) is 11.6 Å². The summed E-state index contributed by atoms with van der Waals surface area (Å²) in [7, 11) is 0. The smallest absolute Gasteiger partial charge is 0.224 e. The Kier molecular flexibility index (Phi) is 5.60. The van der Waals surface area contributed by atoms with Gasteiger partial charge in [-0.15, -0.1) is 16.4 Å². The first-order valence-electron chi connectivity index (χ1n) is 7.51. The summed E-state index contributed by atoms with van der Waals surface area (Å²) in [6.07, 6.45) is 4.20. The number of carbonyl (C=O) groups excluding carboxylic acids is 1. The molecule has 0 radical (unpaired) electrons. The topological polar surface area (TPSA) is 72.7 Å². The number of hydrogen-bond donors (Lipinski definition) is 1. The predicted molar refractivity (Wildman–Crippen MR) is 96.8 cm³/mol. The van der Waals surface area contributed by atoms with Crippen molar-refractivity contribution in [2.45, 2.75) is 24.4 Å². The van der Waals surface area contributed by atoms with E-state index in [2.05, 4.69) is 32.3 Å². The Morgan fingerprint density at radius 1 is 1.33 bits per heavy atom. The molecule has 124 valence electrons. The van der Waals surface area contributed by atoms with Crippen LogP contribution in [0.25, 0.3) is 5.69 Å². The van der Waals surface area contributed by atoms with Crippen molar-refractivity contribution in [1.82, 2.24) is 20.2 Å². The van der Waals surface area contributed by atoms with Gasteiger partial charge in [-0.05, 0) is 59.2 Å². The molecule has 24 heavy (non-hydrogen) atoms. The average molecular weight is 359 g/mol. The van der Waals surface area contributed by atoms with Crippen molar-refractivity contribution in [2.24, 2.45) is 0 Å². The number of hydrogen-bond acceptors (Lipinski definition) is 6. The Bertz CT molecular complexity index is 800. The number of anilines is 1. The van der Waals surface area contributed by atoms with Crippen molar-refractivity contribution in [2.75, 3.05) is 11.6 Å². The number of thioether (sulfide) groups is 1. The highest BCUT2D eigenvalue weighted by Crippen LogP contribution is 2.19. The monoisotopic (exact) mass is 359 g/mol. The molecule has 0 saturated carbocycles. The maximum absolute atomic E-state index is 12.1. The first-order valence-corrected chi connectivity index (χ1v) is 9.62. The summed E-state index contributed by atoms with van der Waals surface area (Å²) in [6.45, 7) is 0. The number of aromatic nitrogens is 4. The van der Waals surface area contributed by atoms with E-state index in [-0.39, 0.29) is 5.91 Å². The minimum atomic E-state index is 0.0190. The van der Waals surface area contributed by atoms with E-state index < -0.39 is 0 Å². The van der Waals surface area contributed by atoms with Gasteiger partial charge >= 0.3 is 0 Å². The van der Waals surface area contributed by atoms with Gasteiger partial charge in [-0.2, -0.15) is 4.68 Å². The second-order valence-corrected chi connectivity index (χ2v) is 6.91. The lowest BCUT2D eigenvalue weighted by Crippen LogP contribution is -2.12. The maximum atomic E-state index is 12.1. The van der Waals surface area contributed by atoms with Crippen molar-refractivity contribution in [3.05, 3.63) is 46.7 Å². The molecule has 0 unspecified atom stereocenters. The first kappa shape index (κ1) is 16.7. The Morgan fingerprint density at radius 2 is 2.25 bits per heavy atom. The molecule has 6 nitrogen and oxygen atoms in total. The lowest BCUT2D eigenvalue weighted by Gasteiger charge is -2.08. The van der Waals surface area contributed by atoms with Crippen molar-refractivity contribution in [3.8, 4) is 5.69 Å². The fraction of sp³-hybridized carbons (Fsp3) is 0.250. The molecule has 0 aliphatic rings. The van der Waals surface area contributed by atoms with Gasteiger partial charge in [0.2, 0.25) is 11.1 Å². The van der Waals surface area contributed by atoms with Gasteiger partial charge in [-0.3, -0.25) is 4.79 Å². The number of tetrazole rings is 1. The standard InChI is InChI=1S/C16H17N5OS2/c1-23-16-18-19-20-21(16)13-6-2-5-12(11-13)17-15(22)9-3-7-14-8-4-10-24-14/h2,4-6,8,10-11H,3,7,9H2,1H3,(H,17,22). The Hall–Kier alpha value is -2.19. The fourth-order valence-corrected chi connectivity index (χ4v) is 3.47. The fourth-order valence-electron chi connectivity index (χ4n) is 2.29. The number of amides is 1. The number of carbonyl (C=O) groups is 1. The van der Waals surface area contributed by atoms with Crippen LogP contribution in [0, 0.1) is 0 Å². The quantitative estimate of drug-likeness (QED) is 0.655. The van der Waals surface area contributed by atoms with E-state index in [4.69, 9.17) is 0 Å². The molecule has 8 heteroatoms. The third kappa shape index (κ3) is 4.21. The minimum absolute atomic E-state index is 0.0190. The van der Waals surface area contributed by atoms with E-state index in [1.54, 1.807) is 16.0 Å². The van der Waals surface area contributed by atoms with Gasteiger partial charge < -0.3 is 5.32 Å². The summed E-state index contributed by atoms with van der Waals surface area (Å²) in [5.74, 6) is 0.0190. The average Bonchev–Trinajstić information content (AvgIpc) is 3.26. The predicted octanol–water partition coefficient (Wildman–Crippen LogP) is 3.41. The van der Waals surface area contributed by atoms with Crippen LogP contribution in [0.15, 0.2) is 46.9 Å². The molecular weight excluding hydrogens is 342 g/mol. The van der Waals surface area contributed by atoms with Gasteiger partial charge in [-0.1, -0.05) is 23.9 Å². The van der Waals surface area contributed by atoms with Crippen LogP contribution in [0.1, 0.15) is 17.7 Å². The third-order valence-electron chi connectivity index (χ3n) is 3.41. The summed E-state index contributed by atoms with van der Waals surface area (Å²) in [5, 5.41) is 17.3. The summed E-state index contributed by atoms with van der Waals surface area (Å²) in [4.78, 5) is 13.4. The summed E-state index contributed by atoms with van der Waals surface area (Å²) in [5.41, 5.74) is 1.57. The van der Waals surface area contributed by atoms with Crippen LogP contribution >= 0.6 is 23.1 Å². The molecule has 0 bridgehead atoms. The zero-order valence-electron chi connectivity index (χ0n) is 13.2. The molecule has 3 rings (SSSR count). The number of aryl methyl sites for hydroxylation is 1. The van der Waals surface area contributed by atoms with Crippen LogP contribution in [-0.4, -0.2) is 32.4 Å². The van der Waals surface area contributed by atoms with Crippen molar-refractivity contribution in [1.29, 1.82) is 0 Å². The van der Waals surface area contributed by atoms with E-state index in [1.807, 2.05) is 36.6 Å². The molecule has 0 atom stereocenters. The summed E-state index contributed by atoms with van der Waals surface area (Å²) >= 11 is 3.19. The van der Waals surface area contributed by atoms with Gasteiger partial charge in [0.25, 0.3) is 0 Å². The molecule has 0 saturated heterocycles. The lowest BCUT2D eigenvalue weighted by molar-refractivity contribution is -0.116. The van der Waals surface area contributed by atoms with Crippen molar-refractivity contribution >= 4 is 34.7 Å². The van der Waals surface area contributed by atoms with E-state index in [0.717, 1.165) is 24.2 Å². The van der Waals surface area contributed by atoms with Gasteiger partial charge in [0.05, 0.1) is 5.69 Å². The molecule has 0 fully saturated rings. The van der Waals surface area contributed by atoms with Crippen molar-refractivity contribution in [3.63, 3.8) is 0 Å². The van der Waals surface area contributed by atoms with Crippen LogP contribution in [0.2, 0.25) is 0 Å². The van der Waals surface area contributed by atoms with Crippen LogP contribution in [-0.2, 0) is 11.2 Å². The van der Waals surface area contributed by atoms with Gasteiger partial charge in [0, 0.05) is 17.0 Å². The summed E-state index contributed by atoms with van der Waals surface area (Å²) in [6, 6.07) is 11.6. The first-order chi connectivity index (χ1) is 11.8. The molecule has 2 aromatic heterocycles. The third-order valence-corrected chi connectivity index (χ3v) is 4.96. The maximum Gasteiger partial charge on any atom is 0.224 e. The largest absolute Gasteiger partial charge is 0.326 e. The summed E-state index contributed by atoms with van der Waals surface area (Å²) < 4.78 is 1.65. The Balaban J connectivity index is 1.59. The van der Waals surface area contributed by atoms with Crippen LogP contribution < -0.4 is 5.32 Å². The van der Waals surface area contributed by atoms with E-state index in [9.17, 15) is 4.79 Å². The molecule has 2 heterocycles. The molecule has 3 aromatic rings. The minimum Gasteiger partial charge on any atom is -0.326 e. The Morgan fingerprint density at radius 3 is 3.04 bits per heavy atom. The number of benzene rings is 1. The van der Waals surface area contributed by atoms with Crippen LogP contribution in [0.3, 0.4) is 0 Å². The zero-order valence-corrected chi connectivity index (χ0v) is 14.8. The number of rotatable bonds is 7. The van der Waals surface area contributed by atoms with Crippen molar-refractivity contribution < 1.29 is 4.79 Å². The second kappa shape index (κ2) is 8.07. The molecule has 0 spiro atoms. The molecular formula is C16H17N5OS2. The second-order valence-electron chi connectivity index (χ2n) is 5.11. The molecule has 0 aliphatic heterocycles. The molecule has 1 amide bonds. The highest BCUT2D eigenvalue weighted by molar-refractivity contribution is 7.98. The number of nitrogens with zero attached hydrogens (tertiary/aromatic N) is 4. The SMILES string of the molecule is CSc1nnnn1-c1cccc(NC(=O)CCCc2cccs2)c1. The van der Waals surface area contributed by atoms with Gasteiger partial charge in [0.1, 0.15) is 0 Å². The van der Waals surface area contributed by atoms with Crippen LogP contribution in [0.5, 0.6) is 0 Å². The van der Waals surface area contributed by atoms with E-state index >= 15 is 0 Å². The molecule has 1 N–H and O–H groups in total. The zero-order chi connectivity index (χ0) is 16.8. The number of thiophene rings is 1. The highest BCUT2D eigenvalue weighted by atomic mass is 32.2. The molecule has 0 aliphatic carbocycles. The Labute approximate surface area is 148 Å². The van der Waals surface area contributed by atoms with E-state index in [1.165, 1.54) is 16.6 Å². The van der Waals surface area contributed by atoms with Crippen LogP contribution in [0.4, 0.5) is 5.69 Å².